The van der Waals surface area contributed by atoms with Crippen molar-refractivity contribution in [2.75, 3.05) is 0 Å². The third-order valence-electron chi connectivity index (χ3n) is 4.68. The molecule has 0 heterocycles. The molecule has 0 aliphatic carbocycles. The number of hydrogen-bond acceptors (Lipinski definition) is 5. The molecule has 0 bridgehead atoms. The van der Waals surface area contributed by atoms with Crippen LogP contribution < -0.4 is 5.32 Å². The van der Waals surface area contributed by atoms with E-state index in [9.17, 15) is 14.5 Å². The van der Waals surface area contributed by atoms with Gasteiger partial charge in [0, 0.05) is 0 Å². The Kier molecular flexibility index (Phi) is 9.73. The van der Waals surface area contributed by atoms with Crippen LogP contribution in [0.1, 0.15) is 44.7 Å². The van der Waals surface area contributed by atoms with E-state index in [2.05, 4.69) is 5.32 Å². The first-order valence-corrected chi connectivity index (χ1v) is 11.9. The van der Waals surface area contributed by atoms with E-state index < -0.39 is 25.4 Å². The van der Waals surface area contributed by atoms with Crippen LogP contribution in [0.3, 0.4) is 0 Å². The molecule has 164 valence electrons. The SMILES string of the molecule is CCC(NC(CC(C)C)C(=O)O)P(=O)(OCc1ccccc1)OCc1ccccc1. The van der Waals surface area contributed by atoms with Gasteiger partial charge in [-0.1, -0.05) is 81.4 Å². The Balaban J connectivity index is 2.21. The lowest BCUT2D eigenvalue weighted by atomic mass is 10.0. The number of carboxylic acids is 1. The lowest BCUT2D eigenvalue weighted by Gasteiger charge is -2.30. The Labute approximate surface area is 179 Å². The van der Waals surface area contributed by atoms with Crippen LogP contribution in [-0.4, -0.2) is 22.9 Å². The minimum absolute atomic E-state index is 0.118. The average molecular weight is 433 g/mol. The molecule has 0 aromatic heterocycles. The van der Waals surface area contributed by atoms with Gasteiger partial charge < -0.3 is 14.2 Å². The highest BCUT2D eigenvalue weighted by Gasteiger charge is 2.38. The number of hydrogen-bond donors (Lipinski definition) is 2. The van der Waals surface area contributed by atoms with E-state index >= 15 is 0 Å². The molecule has 2 N–H and O–H groups in total. The molecule has 0 saturated carbocycles. The molecule has 2 rings (SSSR count). The zero-order chi connectivity index (χ0) is 22.0. The number of nitrogens with one attached hydrogen (secondary N) is 1. The van der Waals surface area contributed by atoms with Crippen LogP contribution in [0.15, 0.2) is 60.7 Å². The Hall–Kier alpha value is -1.98. The van der Waals surface area contributed by atoms with Crippen molar-refractivity contribution in [2.24, 2.45) is 5.92 Å². The highest BCUT2D eigenvalue weighted by atomic mass is 31.2. The first kappa shape index (κ1) is 24.3. The maximum Gasteiger partial charge on any atom is 0.348 e. The minimum atomic E-state index is -3.67. The fraction of sp³-hybridized carbons (Fsp3) is 0.435. The molecule has 0 aliphatic heterocycles. The second-order valence-electron chi connectivity index (χ2n) is 7.67. The van der Waals surface area contributed by atoms with Gasteiger partial charge in [-0.15, -0.1) is 0 Å². The average Bonchev–Trinajstić information content (AvgIpc) is 2.75. The summed E-state index contributed by atoms with van der Waals surface area (Å²) < 4.78 is 25.5. The molecule has 0 fully saturated rings. The molecule has 30 heavy (non-hydrogen) atoms. The molecular formula is C23H32NO5P. The van der Waals surface area contributed by atoms with Gasteiger partial charge in [-0.05, 0) is 29.9 Å². The molecule has 6 nitrogen and oxygen atoms in total. The fourth-order valence-corrected chi connectivity index (χ4v) is 4.97. The van der Waals surface area contributed by atoms with E-state index in [0.29, 0.717) is 12.8 Å². The van der Waals surface area contributed by atoms with Crippen LogP contribution in [0.4, 0.5) is 0 Å². The quantitative estimate of drug-likeness (QED) is 0.409. The van der Waals surface area contributed by atoms with Gasteiger partial charge in [0.05, 0.1) is 13.2 Å². The van der Waals surface area contributed by atoms with Crippen LogP contribution in [0.5, 0.6) is 0 Å². The van der Waals surface area contributed by atoms with Gasteiger partial charge in [-0.2, -0.15) is 0 Å². The lowest BCUT2D eigenvalue weighted by Crippen LogP contribution is -2.44. The molecule has 7 heteroatoms. The summed E-state index contributed by atoms with van der Waals surface area (Å²) in [4.78, 5) is 11.7. The highest BCUT2D eigenvalue weighted by molar-refractivity contribution is 7.54. The largest absolute Gasteiger partial charge is 0.480 e. The molecular weight excluding hydrogens is 401 g/mol. The summed E-state index contributed by atoms with van der Waals surface area (Å²) in [6, 6.07) is 18.0. The molecule has 2 aromatic rings. The van der Waals surface area contributed by atoms with Crippen molar-refractivity contribution in [3.05, 3.63) is 71.8 Å². The van der Waals surface area contributed by atoms with Crippen molar-refractivity contribution >= 4 is 13.6 Å². The molecule has 0 aliphatic rings. The summed E-state index contributed by atoms with van der Waals surface area (Å²) in [5.41, 5.74) is 1.74. The zero-order valence-electron chi connectivity index (χ0n) is 17.9. The van der Waals surface area contributed by atoms with Gasteiger partial charge in [0.25, 0.3) is 0 Å². The molecule has 2 aromatic carbocycles. The van der Waals surface area contributed by atoms with Crippen molar-refractivity contribution < 1.29 is 23.5 Å². The van der Waals surface area contributed by atoms with E-state index in [4.69, 9.17) is 9.05 Å². The van der Waals surface area contributed by atoms with Gasteiger partial charge in [-0.3, -0.25) is 14.7 Å². The van der Waals surface area contributed by atoms with Crippen molar-refractivity contribution in [3.8, 4) is 0 Å². The maximum absolute atomic E-state index is 13.8. The maximum atomic E-state index is 13.8. The number of rotatable bonds is 13. The molecule has 2 atom stereocenters. The van der Waals surface area contributed by atoms with Crippen molar-refractivity contribution in [1.82, 2.24) is 5.32 Å². The zero-order valence-corrected chi connectivity index (χ0v) is 18.8. The van der Waals surface area contributed by atoms with Crippen LogP contribution in [0, 0.1) is 5.92 Å². The van der Waals surface area contributed by atoms with Crippen molar-refractivity contribution in [1.29, 1.82) is 0 Å². The van der Waals surface area contributed by atoms with Gasteiger partial charge >= 0.3 is 13.6 Å². The van der Waals surface area contributed by atoms with E-state index in [1.165, 1.54) is 0 Å². The van der Waals surface area contributed by atoms with Crippen LogP contribution >= 0.6 is 7.60 Å². The summed E-state index contributed by atoms with van der Waals surface area (Å²) >= 11 is 0. The monoisotopic (exact) mass is 433 g/mol. The standard InChI is InChI=1S/C23H32NO5P/c1-4-22(24-21(23(25)26)15-18(2)3)30(27,28-16-19-11-7-5-8-12-19)29-17-20-13-9-6-10-14-20/h5-14,18,21-22,24H,4,15-17H2,1-3H3,(H,25,26). The predicted molar refractivity (Wildman–Crippen MR) is 118 cm³/mol. The minimum Gasteiger partial charge on any atom is -0.480 e. The normalized spacial score (nSPS) is 13.9. The van der Waals surface area contributed by atoms with E-state index in [1.54, 1.807) is 0 Å². The Morgan fingerprint density at radius 3 is 1.80 bits per heavy atom. The summed E-state index contributed by atoms with van der Waals surface area (Å²) in [7, 11) is -3.67. The number of carboxylic acid groups (broad SMARTS) is 1. The third kappa shape index (κ3) is 7.69. The second-order valence-corrected chi connectivity index (χ2v) is 9.89. The topological polar surface area (TPSA) is 84.9 Å². The Morgan fingerprint density at radius 2 is 1.43 bits per heavy atom. The number of carbonyl (C=O) groups is 1. The van der Waals surface area contributed by atoms with Crippen molar-refractivity contribution in [2.45, 2.75) is 58.7 Å². The third-order valence-corrected chi connectivity index (χ3v) is 6.93. The van der Waals surface area contributed by atoms with Gasteiger partial charge in [0.2, 0.25) is 0 Å². The predicted octanol–water partition coefficient (Wildman–Crippen LogP) is 5.44. The molecule has 0 spiro atoms. The lowest BCUT2D eigenvalue weighted by molar-refractivity contribution is -0.140. The number of benzene rings is 2. The van der Waals surface area contributed by atoms with Gasteiger partial charge in [0.15, 0.2) is 0 Å². The van der Waals surface area contributed by atoms with E-state index in [0.717, 1.165) is 11.1 Å². The summed E-state index contributed by atoms with van der Waals surface area (Å²) in [5, 5.41) is 12.6. The molecule has 0 radical (unpaired) electrons. The Bertz CT molecular complexity index is 765. The van der Waals surface area contributed by atoms with Crippen LogP contribution in [0.2, 0.25) is 0 Å². The van der Waals surface area contributed by atoms with Crippen LogP contribution in [-0.2, 0) is 31.6 Å². The summed E-state index contributed by atoms with van der Waals surface area (Å²) in [5.74, 6) is -1.53. The van der Waals surface area contributed by atoms with E-state index in [1.807, 2.05) is 81.4 Å². The van der Waals surface area contributed by atoms with Crippen LogP contribution in [0.25, 0.3) is 0 Å². The summed E-state index contributed by atoms with van der Waals surface area (Å²) in [6.45, 7) is 5.99. The smallest absolute Gasteiger partial charge is 0.348 e. The molecule has 0 amide bonds. The summed E-state index contributed by atoms with van der Waals surface area (Å²) in [6.07, 6.45) is 0.825. The second kappa shape index (κ2) is 12.0. The molecule has 0 saturated heterocycles. The van der Waals surface area contributed by atoms with Crippen molar-refractivity contribution in [3.63, 3.8) is 0 Å². The Morgan fingerprint density at radius 1 is 0.967 bits per heavy atom. The number of aliphatic carboxylic acids is 1. The first-order valence-electron chi connectivity index (χ1n) is 10.3. The first-order chi connectivity index (χ1) is 14.3. The van der Waals surface area contributed by atoms with Gasteiger partial charge in [-0.25, -0.2) is 0 Å². The fourth-order valence-electron chi connectivity index (χ4n) is 3.07. The van der Waals surface area contributed by atoms with E-state index in [-0.39, 0.29) is 19.1 Å². The molecule has 2 unspecified atom stereocenters. The highest BCUT2D eigenvalue weighted by Crippen LogP contribution is 2.54. The van der Waals surface area contributed by atoms with Gasteiger partial charge in [0.1, 0.15) is 11.8 Å².